The molecule has 0 radical (unpaired) electrons. The molecule has 0 amide bonds. The zero-order chi connectivity index (χ0) is 24.9. The summed E-state index contributed by atoms with van der Waals surface area (Å²) in [7, 11) is 0. The molecular formula is C29H38O6. The van der Waals surface area contributed by atoms with E-state index in [0.29, 0.717) is 23.7 Å². The van der Waals surface area contributed by atoms with Crippen molar-refractivity contribution in [1.29, 1.82) is 0 Å². The third-order valence-electron chi connectivity index (χ3n) is 11.2. The van der Waals surface area contributed by atoms with Crippen LogP contribution in [-0.2, 0) is 28.6 Å². The molecule has 6 aliphatic rings. The predicted octanol–water partition coefficient (Wildman–Crippen LogP) is 4.56. The molecule has 4 aliphatic carbocycles. The van der Waals surface area contributed by atoms with Gasteiger partial charge in [0.1, 0.15) is 11.7 Å². The van der Waals surface area contributed by atoms with Gasteiger partial charge < -0.3 is 14.2 Å². The van der Waals surface area contributed by atoms with Crippen LogP contribution in [0.25, 0.3) is 0 Å². The van der Waals surface area contributed by atoms with Crippen molar-refractivity contribution in [1.82, 2.24) is 0 Å². The molecule has 0 aromatic rings. The maximum Gasteiger partial charge on any atom is 0.333 e. The van der Waals surface area contributed by atoms with E-state index in [1.165, 1.54) is 6.92 Å². The summed E-state index contributed by atoms with van der Waals surface area (Å²) >= 11 is 0. The number of epoxide rings is 1. The maximum absolute atomic E-state index is 13.2. The molecule has 3 saturated carbocycles. The number of carbonyl (C=O) groups is 3. The number of ketones is 1. The molecular weight excluding hydrogens is 444 g/mol. The fourth-order valence-corrected chi connectivity index (χ4v) is 9.33. The Hall–Kier alpha value is -1.95. The topological polar surface area (TPSA) is 82.2 Å². The highest BCUT2D eigenvalue weighted by atomic mass is 16.6. The van der Waals surface area contributed by atoms with Crippen LogP contribution in [0.2, 0.25) is 0 Å². The van der Waals surface area contributed by atoms with Crippen LogP contribution in [0.4, 0.5) is 0 Å². The number of allylic oxidation sites excluding steroid dienone is 1. The molecule has 1 spiro atoms. The van der Waals surface area contributed by atoms with Gasteiger partial charge in [-0.25, -0.2) is 4.79 Å². The van der Waals surface area contributed by atoms with E-state index in [4.69, 9.17) is 14.2 Å². The van der Waals surface area contributed by atoms with E-state index in [2.05, 4.69) is 20.8 Å². The van der Waals surface area contributed by atoms with Crippen LogP contribution in [-0.4, -0.2) is 41.6 Å². The van der Waals surface area contributed by atoms with Crippen molar-refractivity contribution in [2.45, 2.75) is 97.1 Å². The molecule has 1 saturated heterocycles. The minimum absolute atomic E-state index is 0.0131. The van der Waals surface area contributed by atoms with Gasteiger partial charge in [-0.05, 0) is 93.1 Å². The zero-order valence-electron chi connectivity index (χ0n) is 21.5. The Balaban J connectivity index is 1.25. The molecule has 2 aliphatic heterocycles. The van der Waals surface area contributed by atoms with Crippen molar-refractivity contribution in [2.24, 2.45) is 40.9 Å². The summed E-state index contributed by atoms with van der Waals surface area (Å²) in [6.45, 7) is 10.1. The third-order valence-corrected chi connectivity index (χ3v) is 11.2. The lowest BCUT2D eigenvalue weighted by Gasteiger charge is -2.54. The van der Waals surface area contributed by atoms with E-state index in [9.17, 15) is 14.4 Å². The van der Waals surface area contributed by atoms with Crippen LogP contribution in [0.3, 0.4) is 0 Å². The minimum Gasteiger partial charge on any atom is -0.458 e. The first kappa shape index (κ1) is 23.4. The summed E-state index contributed by atoms with van der Waals surface area (Å²) in [5, 5.41) is 0. The molecule has 4 fully saturated rings. The number of ether oxygens (including phenoxy) is 3. The largest absolute Gasteiger partial charge is 0.458 e. The minimum atomic E-state index is -0.643. The summed E-state index contributed by atoms with van der Waals surface area (Å²) in [5.41, 5.74) is 1.45. The Morgan fingerprint density at radius 3 is 2.66 bits per heavy atom. The Labute approximate surface area is 207 Å². The van der Waals surface area contributed by atoms with Gasteiger partial charge in [-0.2, -0.15) is 0 Å². The first-order valence-corrected chi connectivity index (χ1v) is 13.5. The van der Waals surface area contributed by atoms with Gasteiger partial charge >= 0.3 is 11.9 Å². The van der Waals surface area contributed by atoms with Gasteiger partial charge in [0.15, 0.2) is 11.9 Å². The average molecular weight is 483 g/mol. The molecule has 0 N–H and O–H groups in total. The van der Waals surface area contributed by atoms with Crippen molar-refractivity contribution in [2.75, 3.05) is 0 Å². The fourth-order valence-electron chi connectivity index (χ4n) is 9.33. The smallest absolute Gasteiger partial charge is 0.333 e. The molecule has 0 aromatic carbocycles. The van der Waals surface area contributed by atoms with E-state index in [1.807, 2.05) is 6.92 Å². The first-order valence-electron chi connectivity index (χ1n) is 13.5. The third kappa shape index (κ3) is 3.20. The highest BCUT2D eigenvalue weighted by Crippen LogP contribution is 2.69. The summed E-state index contributed by atoms with van der Waals surface area (Å²) in [6, 6.07) is 0. The van der Waals surface area contributed by atoms with Crippen molar-refractivity contribution in [3.63, 3.8) is 0 Å². The average Bonchev–Trinajstić information content (AvgIpc) is 3.41. The summed E-state index contributed by atoms with van der Waals surface area (Å²) in [4.78, 5) is 37.4. The van der Waals surface area contributed by atoms with Crippen LogP contribution in [0, 0.1) is 40.9 Å². The van der Waals surface area contributed by atoms with Crippen LogP contribution in [0.15, 0.2) is 23.3 Å². The summed E-state index contributed by atoms with van der Waals surface area (Å²) < 4.78 is 17.9. The Bertz CT molecular complexity index is 1040. The van der Waals surface area contributed by atoms with Gasteiger partial charge in [-0.3, -0.25) is 9.59 Å². The normalized spacial score (nSPS) is 48.8. The van der Waals surface area contributed by atoms with E-state index in [1.54, 1.807) is 12.2 Å². The van der Waals surface area contributed by atoms with Gasteiger partial charge in [0.25, 0.3) is 0 Å². The number of rotatable bonds is 3. The van der Waals surface area contributed by atoms with Crippen molar-refractivity contribution in [3.8, 4) is 0 Å². The highest BCUT2D eigenvalue weighted by Gasteiger charge is 2.76. The second kappa shape index (κ2) is 7.77. The van der Waals surface area contributed by atoms with Gasteiger partial charge in [0.05, 0.1) is 12.0 Å². The lowest BCUT2D eigenvalue weighted by Crippen LogP contribution is -2.58. The number of hydrogen-bond acceptors (Lipinski definition) is 6. The SMILES string of the molecule is CC(=O)O[C@H]1C=CC(=O)C2C3CC[C@]4(C)[C@@H]([C@H](C)[C@H]5CC(C)=C(C)C(=O)O5)CC[C@H]4[C@@H]3C[C@H]3O[C@]213. The molecule has 6 rings (SSSR count). The van der Waals surface area contributed by atoms with E-state index < -0.39 is 11.7 Å². The fraction of sp³-hybridized carbons (Fsp3) is 0.759. The number of fused-ring (bicyclic) bond motifs is 4. The molecule has 2 heterocycles. The van der Waals surface area contributed by atoms with E-state index in [-0.39, 0.29) is 47.2 Å². The highest BCUT2D eigenvalue weighted by molar-refractivity contribution is 5.95. The van der Waals surface area contributed by atoms with Crippen molar-refractivity contribution in [3.05, 3.63) is 23.3 Å². The van der Waals surface area contributed by atoms with Crippen LogP contribution in [0.1, 0.15) is 73.1 Å². The maximum atomic E-state index is 13.2. The lowest BCUT2D eigenvalue weighted by atomic mass is 9.49. The molecule has 11 atom stereocenters. The van der Waals surface area contributed by atoms with E-state index >= 15 is 0 Å². The molecule has 6 nitrogen and oxygen atoms in total. The van der Waals surface area contributed by atoms with Crippen LogP contribution < -0.4 is 0 Å². The number of esters is 2. The monoisotopic (exact) mass is 482 g/mol. The molecule has 2 unspecified atom stereocenters. The van der Waals surface area contributed by atoms with Gasteiger partial charge in [0.2, 0.25) is 0 Å². The summed E-state index contributed by atoms with van der Waals surface area (Å²) in [5.74, 6) is 1.52. The second-order valence-corrected chi connectivity index (χ2v) is 12.5. The molecule has 6 heteroatoms. The number of carbonyl (C=O) groups excluding carboxylic acids is 3. The quantitative estimate of drug-likeness (QED) is 0.433. The van der Waals surface area contributed by atoms with Crippen LogP contribution >= 0.6 is 0 Å². The predicted molar refractivity (Wildman–Crippen MR) is 128 cm³/mol. The summed E-state index contributed by atoms with van der Waals surface area (Å²) in [6.07, 6.45) is 9.01. The van der Waals surface area contributed by atoms with Crippen LogP contribution in [0.5, 0.6) is 0 Å². The number of cyclic esters (lactones) is 1. The van der Waals surface area contributed by atoms with Gasteiger partial charge in [0, 0.05) is 18.9 Å². The lowest BCUT2D eigenvalue weighted by molar-refractivity contribution is -0.156. The zero-order valence-corrected chi connectivity index (χ0v) is 21.5. The Morgan fingerprint density at radius 2 is 1.94 bits per heavy atom. The molecule has 0 bridgehead atoms. The first-order chi connectivity index (χ1) is 16.6. The Kier molecular flexibility index (Phi) is 5.21. The molecule has 0 aromatic heterocycles. The molecule has 190 valence electrons. The van der Waals surface area contributed by atoms with Crippen molar-refractivity contribution < 1.29 is 28.6 Å². The van der Waals surface area contributed by atoms with Crippen molar-refractivity contribution >= 4 is 17.7 Å². The standard InChI is InChI=1S/C29H38O6/c1-14-12-23(34-27(32)15(14)2)16(3)20-6-7-21-19-13-25-29(35-25)24(33-17(4)30)9-8-22(31)26(29)18(19)10-11-28(20,21)5/h8-9,16,18-21,23-26H,6-7,10-13H2,1-5H3/t16-,18?,19+,20+,21-,23+,24-,25+,26?,28+,29+/m0/s1. The Morgan fingerprint density at radius 1 is 1.17 bits per heavy atom. The second-order valence-electron chi connectivity index (χ2n) is 12.5. The number of hydrogen-bond donors (Lipinski definition) is 0. The molecule has 35 heavy (non-hydrogen) atoms. The van der Waals surface area contributed by atoms with Gasteiger partial charge in [-0.15, -0.1) is 0 Å². The van der Waals surface area contributed by atoms with Gasteiger partial charge in [-0.1, -0.05) is 19.4 Å². The van der Waals surface area contributed by atoms with E-state index in [0.717, 1.165) is 49.7 Å².